The van der Waals surface area contributed by atoms with Crippen LogP contribution in [0.4, 0.5) is 5.13 Å². The first-order chi connectivity index (χ1) is 7.75. The Labute approximate surface area is 102 Å². The van der Waals surface area contributed by atoms with E-state index in [2.05, 4.69) is 22.3 Å². The standard InChI is InChI=1S/C12H21N3S/c1-15(8-10-9-16-12(13)14-10)11-6-4-2-3-5-7-11/h9,11H,2-8H2,1H3,(H2,13,14). The van der Waals surface area contributed by atoms with Crippen molar-refractivity contribution in [2.24, 2.45) is 0 Å². The summed E-state index contributed by atoms with van der Waals surface area (Å²) < 4.78 is 0. The minimum absolute atomic E-state index is 0.685. The Bertz CT molecular complexity index is 316. The SMILES string of the molecule is CN(Cc1csc(N)n1)C1CCCCCC1. The van der Waals surface area contributed by atoms with E-state index in [4.69, 9.17) is 5.73 Å². The summed E-state index contributed by atoms with van der Waals surface area (Å²) in [5.41, 5.74) is 6.77. The van der Waals surface area contributed by atoms with Gasteiger partial charge < -0.3 is 5.73 Å². The summed E-state index contributed by atoms with van der Waals surface area (Å²) in [5, 5.41) is 2.76. The Kier molecular flexibility index (Phi) is 4.18. The normalized spacial score (nSPS) is 18.9. The predicted molar refractivity (Wildman–Crippen MR) is 69.5 cm³/mol. The molecular formula is C12H21N3S. The number of aromatic nitrogens is 1. The van der Waals surface area contributed by atoms with Gasteiger partial charge in [-0.15, -0.1) is 11.3 Å². The van der Waals surface area contributed by atoms with Crippen LogP contribution in [0.5, 0.6) is 0 Å². The van der Waals surface area contributed by atoms with Crippen molar-refractivity contribution in [3.8, 4) is 0 Å². The minimum Gasteiger partial charge on any atom is -0.375 e. The predicted octanol–water partition coefficient (Wildman–Crippen LogP) is 2.88. The van der Waals surface area contributed by atoms with Crippen molar-refractivity contribution in [2.75, 3.05) is 12.8 Å². The number of nitrogens with zero attached hydrogens (tertiary/aromatic N) is 2. The van der Waals surface area contributed by atoms with Crippen LogP contribution in [-0.2, 0) is 6.54 Å². The molecule has 0 saturated heterocycles. The Morgan fingerprint density at radius 1 is 1.38 bits per heavy atom. The molecule has 1 aliphatic rings. The summed E-state index contributed by atoms with van der Waals surface area (Å²) in [6, 6.07) is 0.741. The Balaban J connectivity index is 1.88. The molecule has 16 heavy (non-hydrogen) atoms. The fraction of sp³-hybridized carbons (Fsp3) is 0.750. The molecule has 1 aromatic rings. The monoisotopic (exact) mass is 239 g/mol. The van der Waals surface area contributed by atoms with Crippen molar-refractivity contribution in [1.29, 1.82) is 0 Å². The molecule has 1 heterocycles. The van der Waals surface area contributed by atoms with Gasteiger partial charge in [0, 0.05) is 18.0 Å². The average Bonchev–Trinajstić information content (AvgIpc) is 2.56. The first-order valence-corrected chi connectivity index (χ1v) is 7.04. The molecular weight excluding hydrogens is 218 g/mol. The number of thiazole rings is 1. The van der Waals surface area contributed by atoms with Crippen molar-refractivity contribution >= 4 is 16.5 Å². The van der Waals surface area contributed by atoms with Gasteiger partial charge in [0.1, 0.15) is 0 Å². The topological polar surface area (TPSA) is 42.1 Å². The van der Waals surface area contributed by atoms with Gasteiger partial charge in [0.05, 0.1) is 5.69 Å². The van der Waals surface area contributed by atoms with Crippen molar-refractivity contribution in [3.05, 3.63) is 11.1 Å². The molecule has 0 spiro atoms. The van der Waals surface area contributed by atoms with Crippen LogP contribution < -0.4 is 5.73 Å². The number of rotatable bonds is 3. The van der Waals surface area contributed by atoms with Crippen LogP contribution in [0.1, 0.15) is 44.2 Å². The number of anilines is 1. The van der Waals surface area contributed by atoms with Gasteiger partial charge in [0.2, 0.25) is 0 Å². The van der Waals surface area contributed by atoms with Crippen LogP contribution in [-0.4, -0.2) is 23.0 Å². The lowest BCUT2D eigenvalue weighted by molar-refractivity contribution is 0.211. The quantitative estimate of drug-likeness (QED) is 0.825. The molecule has 1 aromatic heterocycles. The fourth-order valence-electron chi connectivity index (χ4n) is 2.48. The van der Waals surface area contributed by atoms with E-state index in [9.17, 15) is 0 Å². The number of nitrogen functional groups attached to an aromatic ring is 1. The van der Waals surface area contributed by atoms with Gasteiger partial charge >= 0.3 is 0 Å². The van der Waals surface area contributed by atoms with E-state index < -0.39 is 0 Å². The van der Waals surface area contributed by atoms with E-state index in [0.29, 0.717) is 5.13 Å². The molecule has 90 valence electrons. The molecule has 1 aliphatic carbocycles. The zero-order chi connectivity index (χ0) is 11.4. The maximum absolute atomic E-state index is 5.65. The molecule has 0 unspecified atom stereocenters. The highest BCUT2D eigenvalue weighted by Gasteiger charge is 2.17. The number of nitrogens with two attached hydrogens (primary N) is 1. The van der Waals surface area contributed by atoms with Gasteiger partial charge in [-0.25, -0.2) is 4.98 Å². The van der Waals surface area contributed by atoms with E-state index in [0.717, 1.165) is 18.3 Å². The van der Waals surface area contributed by atoms with Crippen molar-refractivity contribution in [3.63, 3.8) is 0 Å². The lowest BCUT2D eigenvalue weighted by atomic mass is 10.1. The summed E-state index contributed by atoms with van der Waals surface area (Å²) in [5.74, 6) is 0. The van der Waals surface area contributed by atoms with E-state index in [1.54, 1.807) is 0 Å². The van der Waals surface area contributed by atoms with Crippen LogP contribution in [0.2, 0.25) is 0 Å². The molecule has 0 aromatic carbocycles. The number of hydrogen-bond donors (Lipinski definition) is 1. The maximum atomic E-state index is 5.65. The third-order valence-corrected chi connectivity index (χ3v) is 4.15. The highest BCUT2D eigenvalue weighted by molar-refractivity contribution is 7.13. The molecule has 2 rings (SSSR count). The van der Waals surface area contributed by atoms with E-state index in [-0.39, 0.29) is 0 Å². The van der Waals surface area contributed by atoms with Crippen molar-refractivity contribution in [2.45, 2.75) is 51.1 Å². The fourth-order valence-corrected chi connectivity index (χ4v) is 3.03. The summed E-state index contributed by atoms with van der Waals surface area (Å²) in [4.78, 5) is 6.77. The second kappa shape index (κ2) is 5.64. The second-order valence-electron chi connectivity index (χ2n) is 4.74. The summed E-state index contributed by atoms with van der Waals surface area (Å²) in [7, 11) is 2.21. The largest absolute Gasteiger partial charge is 0.375 e. The van der Waals surface area contributed by atoms with E-state index >= 15 is 0 Å². The second-order valence-corrected chi connectivity index (χ2v) is 5.63. The number of hydrogen-bond acceptors (Lipinski definition) is 4. The smallest absolute Gasteiger partial charge is 0.180 e. The molecule has 1 fully saturated rings. The van der Waals surface area contributed by atoms with Crippen LogP contribution in [0.25, 0.3) is 0 Å². The highest BCUT2D eigenvalue weighted by atomic mass is 32.1. The molecule has 2 N–H and O–H groups in total. The molecule has 1 saturated carbocycles. The van der Waals surface area contributed by atoms with Crippen molar-refractivity contribution < 1.29 is 0 Å². The summed E-state index contributed by atoms with van der Waals surface area (Å²) in [6.07, 6.45) is 8.27. The summed E-state index contributed by atoms with van der Waals surface area (Å²) in [6.45, 7) is 0.943. The molecule has 0 amide bonds. The maximum Gasteiger partial charge on any atom is 0.180 e. The van der Waals surface area contributed by atoms with E-state index in [1.807, 2.05) is 0 Å². The molecule has 4 heteroatoms. The first kappa shape index (κ1) is 11.9. The third-order valence-electron chi connectivity index (χ3n) is 3.43. The first-order valence-electron chi connectivity index (χ1n) is 6.16. The third kappa shape index (κ3) is 3.19. The Hall–Kier alpha value is -0.610. The van der Waals surface area contributed by atoms with Crippen LogP contribution in [0, 0.1) is 0 Å². The average molecular weight is 239 g/mol. The van der Waals surface area contributed by atoms with Crippen LogP contribution in [0.3, 0.4) is 0 Å². The molecule has 0 bridgehead atoms. The lowest BCUT2D eigenvalue weighted by Crippen LogP contribution is -2.30. The molecule has 3 nitrogen and oxygen atoms in total. The zero-order valence-electron chi connectivity index (χ0n) is 9.98. The molecule has 0 atom stereocenters. The van der Waals surface area contributed by atoms with Gasteiger partial charge in [-0.3, -0.25) is 4.90 Å². The zero-order valence-corrected chi connectivity index (χ0v) is 10.8. The summed E-state index contributed by atoms with van der Waals surface area (Å²) >= 11 is 1.54. The molecule has 0 radical (unpaired) electrons. The van der Waals surface area contributed by atoms with Crippen LogP contribution in [0.15, 0.2) is 5.38 Å². The minimum atomic E-state index is 0.685. The van der Waals surface area contributed by atoms with Gasteiger partial charge in [0.15, 0.2) is 5.13 Å². The van der Waals surface area contributed by atoms with Gasteiger partial charge in [-0.05, 0) is 19.9 Å². The van der Waals surface area contributed by atoms with Gasteiger partial charge in [-0.2, -0.15) is 0 Å². The van der Waals surface area contributed by atoms with Gasteiger partial charge in [-0.1, -0.05) is 25.7 Å². The van der Waals surface area contributed by atoms with E-state index in [1.165, 1.54) is 49.9 Å². The highest BCUT2D eigenvalue weighted by Crippen LogP contribution is 2.22. The lowest BCUT2D eigenvalue weighted by Gasteiger charge is -2.26. The molecule has 0 aliphatic heterocycles. The van der Waals surface area contributed by atoms with Gasteiger partial charge in [0.25, 0.3) is 0 Å². The Morgan fingerprint density at radius 3 is 2.62 bits per heavy atom. The van der Waals surface area contributed by atoms with Crippen molar-refractivity contribution in [1.82, 2.24) is 9.88 Å². The Morgan fingerprint density at radius 2 is 2.06 bits per heavy atom. The van der Waals surface area contributed by atoms with Crippen LogP contribution >= 0.6 is 11.3 Å².